The summed E-state index contributed by atoms with van der Waals surface area (Å²) in [5.41, 5.74) is 2.10. The third-order valence-electron chi connectivity index (χ3n) is 4.36. The molecule has 1 aromatic heterocycles. The van der Waals surface area contributed by atoms with Gasteiger partial charge in [-0.1, -0.05) is 0 Å². The van der Waals surface area contributed by atoms with Gasteiger partial charge in [-0.15, -0.1) is 0 Å². The molecule has 25 heavy (non-hydrogen) atoms. The number of ether oxygens (including phenoxy) is 2. The van der Waals surface area contributed by atoms with E-state index in [-0.39, 0.29) is 43.5 Å². The first-order valence-corrected chi connectivity index (χ1v) is 8.58. The summed E-state index contributed by atoms with van der Waals surface area (Å²) in [6.45, 7) is 6.71. The highest BCUT2D eigenvalue weighted by Crippen LogP contribution is 2.15. The van der Waals surface area contributed by atoms with E-state index in [1.54, 1.807) is 11.6 Å². The molecule has 140 valence electrons. The molecule has 0 unspecified atom stereocenters. The van der Waals surface area contributed by atoms with Gasteiger partial charge >= 0.3 is 0 Å². The molecule has 1 aliphatic heterocycles. The summed E-state index contributed by atoms with van der Waals surface area (Å²) in [5.74, 6) is -0.113. The molecule has 1 aromatic rings. The van der Waals surface area contributed by atoms with Gasteiger partial charge in [-0.25, -0.2) is 0 Å². The van der Waals surface area contributed by atoms with Crippen LogP contribution >= 0.6 is 0 Å². The van der Waals surface area contributed by atoms with Crippen molar-refractivity contribution in [2.24, 2.45) is 0 Å². The molecular weight excluding hydrogens is 326 g/mol. The van der Waals surface area contributed by atoms with Gasteiger partial charge in [0.25, 0.3) is 0 Å². The van der Waals surface area contributed by atoms with Gasteiger partial charge < -0.3 is 19.9 Å². The van der Waals surface area contributed by atoms with Gasteiger partial charge in [-0.05, 0) is 27.2 Å². The number of nitrogens with one attached hydrogen (secondary N) is 1. The fourth-order valence-corrected chi connectivity index (χ4v) is 3.16. The summed E-state index contributed by atoms with van der Waals surface area (Å²) in [6, 6.07) is -0.124. The van der Waals surface area contributed by atoms with E-state index in [1.807, 2.05) is 6.92 Å². The lowest BCUT2D eigenvalue weighted by Crippen LogP contribution is -2.50. The average Bonchev–Trinajstić information content (AvgIpc) is 2.86. The number of carbonyl (C=O) groups excluding carboxylic acids is 2. The van der Waals surface area contributed by atoms with Crippen molar-refractivity contribution >= 4 is 11.7 Å². The smallest absolute Gasteiger partial charge is 0.222 e. The molecule has 2 atom stereocenters. The number of rotatable bonds is 8. The van der Waals surface area contributed by atoms with Crippen molar-refractivity contribution < 1.29 is 24.2 Å². The first kappa shape index (κ1) is 19.6. The lowest BCUT2D eigenvalue weighted by molar-refractivity contribution is -0.126. The highest BCUT2D eigenvalue weighted by atomic mass is 16.5. The van der Waals surface area contributed by atoms with E-state index in [2.05, 4.69) is 10.4 Å². The molecule has 0 aromatic carbocycles. The van der Waals surface area contributed by atoms with E-state index in [1.165, 1.54) is 6.92 Å². The number of amides is 1. The average molecular weight is 353 g/mol. The molecule has 2 rings (SSSR count). The van der Waals surface area contributed by atoms with Crippen molar-refractivity contribution in [2.75, 3.05) is 26.4 Å². The van der Waals surface area contributed by atoms with Crippen LogP contribution in [0.25, 0.3) is 0 Å². The first-order valence-electron chi connectivity index (χ1n) is 8.58. The second-order valence-electron chi connectivity index (χ2n) is 6.25. The van der Waals surface area contributed by atoms with Crippen molar-refractivity contribution in [3.63, 3.8) is 0 Å². The number of aliphatic hydroxyl groups excluding tert-OH is 1. The zero-order valence-corrected chi connectivity index (χ0v) is 15.1. The van der Waals surface area contributed by atoms with Crippen molar-refractivity contribution in [3.05, 3.63) is 17.0 Å². The minimum Gasteiger partial charge on any atom is -0.394 e. The number of aryl methyl sites for hydroxylation is 2. The molecule has 2 N–H and O–H groups in total. The Labute approximate surface area is 147 Å². The monoisotopic (exact) mass is 353 g/mol. The summed E-state index contributed by atoms with van der Waals surface area (Å²) in [4.78, 5) is 23.9. The van der Waals surface area contributed by atoms with E-state index < -0.39 is 0 Å². The van der Waals surface area contributed by atoms with Gasteiger partial charge in [0, 0.05) is 25.3 Å². The number of nitrogens with zero attached hydrogens (tertiary/aromatic N) is 2. The molecule has 0 aliphatic carbocycles. The second kappa shape index (κ2) is 9.07. The first-order chi connectivity index (χ1) is 11.9. The molecule has 1 fully saturated rings. The normalized spacial score (nSPS) is 20.5. The van der Waals surface area contributed by atoms with Crippen LogP contribution in [0.15, 0.2) is 0 Å². The van der Waals surface area contributed by atoms with Crippen molar-refractivity contribution in [1.82, 2.24) is 15.1 Å². The van der Waals surface area contributed by atoms with Crippen molar-refractivity contribution in [3.8, 4) is 0 Å². The molecule has 8 nitrogen and oxygen atoms in total. The second-order valence-corrected chi connectivity index (χ2v) is 6.25. The van der Waals surface area contributed by atoms with Gasteiger partial charge in [0.1, 0.15) is 6.10 Å². The van der Waals surface area contributed by atoms with E-state index in [9.17, 15) is 9.59 Å². The summed E-state index contributed by atoms with van der Waals surface area (Å²) >= 11 is 0. The summed E-state index contributed by atoms with van der Waals surface area (Å²) in [6.07, 6.45) is 0.697. The fourth-order valence-electron chi connectivity index (χ4n) is 3.16. The lowest BCUT2D eigenvalue weighted by atomic mass is 10.1. The molecular formula is C17H27N3O5. The van der Waals surface area contributed by atoms with E-state index in [0.717, 1.165) is 5.69 Å². The molecule has 8 heteroatoms. The topological polar surface area (TPSA) is 103 Å². The minimum atomic E-state index is -0.247. The largest absolute Gasteiger partial charge is 0.394 e. The summed E-state index contributed by atoms with van der Waals surface area (Å²) in [5, 5.41) is 16.2. The number of Topliss-reactive ketones (excluding diaryl/α,β-unsaturated/α-hetero) is 1. The highest BCUT2D eigenvalue weighted by Gasteiger charge is 2.27. The Hall–Kier alpha value is -1.77. The third-order valence-corrected chi connectivity index (χ3v) is 4.36. The summed E-state index contributed by atoms with van der Waals surface area (Å²) in [7, 11) is 0. The predicted octanol–water partition coefficient (Wildman–Crippen LogP) is 0.375. The molecule has 1 aliphatic rings. The van der Waals surface area contributed by atoms with Crippen LogP contribution in [-0.2, 0) is 20.8 Å². The quantitative estimate of drug-likeness (QED) is 0.655. The molecule has 1 saturated heterocycles. The molecule has 0 bridgehead atoms. The number of aromatic nitrogens is 2. The Kier molecular flexibility index (Phi) is 7.10. The number of hydrogen-bond donors (Lipinski definition) is 2. The Morgan fingerprint density at radius 3 is 2.84 bits per heavy atom. The molecule has 0 spiro atoms. The van der Waals surface area contributed by atoms with Gasteiger partial charge in [0.05, 0.1) is 37.1 Å². The summed E-state index contributed by atoms with van der Waals surface area (Å²) < 4.78 is 12.6. The Morgan fingerprint density at radius 1 is 1.44 bits per heavy atom. The molecule has 0 saturated carbocycles. The van der Waals surface area contributed by atoms with Crippen molar-refractivity contribution in [2.45, 2.75) is 52.3 Å². The molecule has 2 heterocycles. The number of ketones is 1. The lowest BCUT2D eigenvalue weighted by Gasteiger charge is -2.32. The van der Waals surface area contributed by atoms with Gasteiger partial charge in [0.15, 0.2) is 5.78 Å². The Bertz CT molecular complexity index is 614. The number of aliphatic hydroxyl groups is 1. The van der Waals surface area contributed by atoms with E-state index >= 15 is 0 Å². The van der Waals surface area contributed by atoms with E-state index in [4.69, 9.17) is 14.6 Å². The standard InChI is InChI=1S/C17H27N3O5/c1-11-17(13(3)22)12(2)20(19-11)6-4-16(23)18-14-5-8-24-10-15(14)25-9-7-21/h14-15,21H,4-10H2,1-3H3,(H,18,23)/t14-,15-/m1/s1. The maximum atomic E-state index is 12.3. The number of carbonyl (C=O) groups is 2. The van der Waals surface area contributed by atoms with Gasteiger partial charge in [-0.3, -0.25) is 14.3 Å². The van der Waals surface area contributed by atoms with Gasteiger partial charge in [-0.2, -0.15) is 5.10 Å². The van der Waals surface area contributed by atoms with Crippen molar-refractivity contribution in [1.29, 1.82) is 0 Å². The van der Waals surface area contributed by atoms with Crippen LogP contribution in [0.4, 0.5) is 0 Å². The SMILES string of the molecule is CC(=O)c1c(C)nn(CCC(=O)N[C@@H]2CCOC[C@H]2OCCO)c1C. The van der Waals surface area contributed by atoms with Crippen LogP contribution in [0.2, 0.25) is 0 Å². The fraction of sp³-hybridized carbons (Fsp3) is 0.706. The zero-order chi connectivity index (χ0) is 18.4. The number of hydrogen-bond acceptors (Lipinski definition) is 6. The molecule has 1 amide bonds. The third kappa shape index (κ3) is 5.10. The van der Waals surface area contributed by atoms with E-state index in [0.29, 0.717) is 37.4 Å². The van der Waals surface area contributed by atoms with Crippen LogP contribution in [0, 0.1) is 13.8 Å². The van der Waals surface area contributed by atoms with Crippen LogP contribution in [0.3, 0.4) is 0 Å². The van der Waals surface area contributed by atoms with Crippen LogP contribution in [-0.4, -0.2) is 65.2 Å². The minimum absolute atomic E-state index is 0.0169. The van der Waals surface area contributed by atoms with Gasteiger partial charge in [0.2, 0.25) is 5.91 Å². The maximum Gasteiger partial charge on any atom is 0.222 e. The Morgan fingerprint density at radius 2 is 2.20 bits per heavy atom. The van der Waals surface area contributed by atoms with Crippen LogP contribution < -0.4 is 5.32 Å². The van der Waals surface area contributed by atoms with Crippen LogP contribution in [0.5, 0.6) is 0 Å². The zero-order valence-electron chi connectivity index (χ0n) is 15.1. The highest BCUT2D eigenvalue weighted by molar-refractivity contribution is 5.96. The predicted molar refractivity (Wildman–Crippen MR) is 90.5 cm³/mol. The molecule has 0 radical (unpaired) electrons. The maximum absolute atomic E-state index is 12.3. The Balaban J connectivity index is 1.89. The van der Waals surface area contributed by atoms with Crippen LogP contribution in [0.1, 0.15) is 41.5 Å².